The van der Waals surface area contributed by atoms with Crippen LogP contribution < -0.4 is 10.2 Å². The first-order valence-electron chi connectivity index (χ1n) is 6.90. The van der Waals surface area contributed by atoms with Gasteiger partial charge in [0, 0.05) is 22.5 Å². The van der Waals surface area contributed by atoms with Crippen molar-refractivity contribution < 1.29 is 9.59 Å². The van der Waals surface area contributed by atoms with Crippen LogP contribution in [0.2, 0.25) is 0 Å². The van der Waals surface area contributed by atoms with Gasteiger partial charge in [0.25, 0.3) is 5.91 Å². The molecule has 1 aliphatic rings. The highest BCUT2D eigenvalue weighted by atomic mass is 127. The fourth-order valence-corrected chi connectivity index (χ4v) is 3.05. The van der Waals surface area contributed by atoms with Crippen LogP contribution >= 0.6 is 22.6 Å². The molecule has 22 heavy (non-hydrogen) atoms. The molecule has 1 atom stereocenters. The Balaban J connectivity index is 1.73. The van der Waals surface area contributed by atoms with Crippen LogP contribution in [0.1, 0.15) is 12.0 Å². The predicted molar refractivity (Wildman–Crippen MR) is 91.1 cm³/mol. The summed E-state index contributed by atoms with van der Waals surface area (Å²) < 4.78 is 0.886. The van der Waals surface area contributed by atoms with Gasteiger partial charge < -0.3 is 5.32 Å². The molecule has 0 saturated carbocycles. The molecular weight excluding hydrogens is 393 g/mol. The number of aromatic nitrogens is 1. The summed E-state index contributed by atoms with van der Waals surface area (Å²) in [5.74, 6) is -0.357. The average molecular weight is 407 g/mol. The predicted octanol–water partition coefficient (Wildman–Crippen LogP) is 2.11. The zero-order chi connectivity index (χ0) is 15.5. The van der Waals surface area contributed by atoms with Crippen molar-refractivity contribution in [3.63, 3.8) is 0 Å². The first kappa shape index (κ1) is 15.1. The lowest BCUT2D eigenvalue weighted by Gasteiger charge is -2.17. The number of para-hydroxylation sites is 1. The standard InChI is InChI=1S/C16H14IN3O2/c17-12-3-1-2-4-14(12)20-15(21)9-13(16(20)22)19-10-11-5-7-18-8-6-11/h1-8,13,19H,9-10H2. The molecule has 5 nitrogen and oxygen atoms in total. The zero-order valence-corrected chi connectivity index (χ0v) is 13.9. The second kappa shape index (κ2) is 6.53. The van der Waals surface area contributed by atoms with Gasteiger partial charge in [-0.05, 0) is 52.4 Å². The average Bonchev–Trinajstić information content (AvgIpc) is 2.81. The minimum absolute atomic E-state index is 0.165. The molecule has 112 valence electrons. The molecule has 2 aromatic rings. The fraction of sp³-hybridized carbons (Fsp3) is 0.188. The van der Waals surface area contributed by atoms with Gasteiger partial charge in [-0.3, -0.25) is 14.6 Å². The molecule has 1 unspecified atom stereocenters. The summed E-state index contributed by atoms with van der Waals surface area (Å²) in [6, 6.07) is 10.7. The highest BCUT2D eigenvalue weighted by Gasteiger charge is 2.39. The van der Waals surface area contributed by atoms with E-state index in [1.165, 1.54) is 4.90 Å². The first-order chi connectivity index (χ1) is 10.7. The van der Waals surface area contributed by atoms with Crippen molar-refractivity contribution in [2.24, 2.45) is 0 Å². The van der Waals surface area contributed by atoms with E-state index < -0.39 is 6.04 Å². The van der Waals surface area contributed by atoms with Crippen molar-refractivity contribution in [2.45, 2.75) is 19.0 Å². The number of amides is 2. The number of nitrogens with one attached hydrogen (secondary N) is 1. The number of halogens is 1. The van der Waals surface area contributed by atoms with Crippen LogP contribution in [0.5, 0.6) is 0 Å². The van der Waals surface area contributed by atoms with Crippen LogP contribution in [-0.2, 0) is 16.1 Å². The third-order valence-corrected chi connectivity index (χ3v) is 4.45. The van der Waals surface area contributed by atoms with E-state index in [-0.39, 0.29) is 18.2 Å². The largest absolute Gasteiger partial charge is 0.301 e. The summed E-state index contributed by atoms with van der Waals surface area (Å²) in [7, 11) is 0. The van der Waals surface area contributed by atoms with Gasteiger partial charge in [-0.1, -0.05) is 12.1 Å². The molecule has 2 heterocycles. The van der Waals surface area contributed by atoms with E-state index in [0.717, 1.165) is 9.13 Å². The third-order valence-electron chi connectivity index (χ3n) is 3.54. The second-order valence-corrected chi connectivity index (χ2v) is 6.17. The number of hydrogen-bond acceptors (Lipinski definition) is 4. The molecule has 1 N–H and O–H groups in total. The zero-order valence-electron chi connectivity index (χ0n) is 11.7. The molecule has 2 amide bonds. The summed E-state index contributed by atoms with van der Waals surface area (Å²) in [6.45, 7) is 0.534. The summed E-state index contributed by atoms with van der Waals surface area (Å²) in [6.07, 6.45) is 3.60. The Morgan fingerprint density at radius 3 is 2.64 bits per heavy atom. The molecule has 0 aliphatic carbocycles. The van der Waals surface area contributed by atoms with Crippen LogP contribution in [-0.4, -0.2) is 22.8 Å². The molecule has 1 fully saturated rings. The Kier molecular flexibility index (Phi) is 4.49. The Bertz CT molecular complexity index is 706. The molecule has 1 saturated heterocycles. The molecule has 1 aromatic heterocycles. The monoisotopic (exact) mass is 407 g/mol. The van der Waals surface area contributed by atoms with Gasteiger partial charge in [0.1, 0.15) is 0 Å². The molecule has 0 spiro atoms. The van der Waals surface area contributed by atoms with E-state index in [9.17, 15) is 9.59 Å². The van der Waals surface area contributed by atoms with Crippen LogP contribution in [0.25, 0.3) is 0 Å². The Hall–Kier alpha value is -1.80. The van der Waals surface area contributed by atoms with Crippen molar-refractivity contribution in [3.05, 3.63) is 57.9 Å². The van der Waals surface area contributed by atoms with Crippen molar-refractivity contribution in [1.82, 2.24) is 10.3 Å². The molecular formula is C16H14IN3O2. The summed E-state index contributed by atoms with van der Waals surface area (Å²) in [5, 5.41) is 3.16. The summed E-state index contributed by atoms with van der Waals surface area (Å²) >= 11 is 2.13. The van der Waals surface area contributed by atoms with Crippen molar-refractivity contribution >= 4 is 40.1 Å². The van der Waals surface area contributed by atoms with Crippen LogP contribution in [0, 0.1) is 3.57 Å². The lowest BCUT2D eigenvalue weighted by atomic mass is 10.2. The van der Waals surface area contributed by atoms with E-state index in [1.54, 1.807) is 18.5 Å². The second-order valence-electron chi connectivity index (χ2n) is 5.01. The SMILES string of the molecule is O=C1CC(NCc2ccncc2)C(=O)N1c1ccccc1I. The molecule has 0 radical (unpaired) electrons. The van der Waals surface area contributed by atoms with E-state index in [0.29, 0.717) is 12.2 Å². The van der Waals surface area contributed by atoms with Gasteiger partial charge in [0.15, 0.2) is 0 Å². The van der Waals surface area contributed by atoms with Gasteiger partial charge in [0.2, 0.25) is 5.91 Å². The molecule has 1 aliphatic heterocycles. The van der Waals surface area contributed by atoms with E-state index in [4.69, 9.17) is 0 Å². The summed E-state index contributed by atoms with van der Waals surface area (Å²) in [4.78, 5) is 30.0. The van der Waals surface area contributed by atoms with E-state index >= 15 is 0 Å². The van der Waals surface area contributed by atoms with Crippen molar-refractivity contribution in [2.75, 3.05) is 4.90 Å². The number of hydrogen-bond donors (Lipinski definition) is 1. The Labute approximate surface area is 141 Å². The highest BCUT2D eigenvalue weighted by Crippen LogP contribution is 2.27. The number of anilines is 1. The topological polar surface area (TPSA) is 62.3 Å². The van der Waals surface area contributed by atoms with Gasteiger partial charge in [-0.2, -0.15) is 0 Å². The van der Waals surface area contributed by atoms with Gasteiger partial charge >= 0.3 is 0 Å². The number of benzene rings is 1. The maximum atomic E-state index is 12.5. The quantitative estimate of drug-likeness (QED) is 0.623. The minimum atomic E-state index is -0.475. The maximum absolute atomic E-state index is 12.5. The van der Waals surface area contributed by atoms with Crippen LogP contribution in [0.3, 0.4) is 0 Å². The number of nitrogens with zero attached hydrogens (tertiary/aromatic N) is 2. The minimum Gasteiger partial charge on any atom is -0.301 e. The maximum Gasteiger partial charge on any atom is 0.251 e. The highest BCUT2D eigenvalue weighted by molar-refractivity contribution is 14.1. The fourth-order valence-electron chi connectivity index (χ4n) is 2.42. The molecule has 3 rings (SSSR count). The number of carbonyl (C=O) groups is 2. The van der Waals surface area contributed by atoms with E-state index in [1.807, 2.05) is 30.3 Å². The van der Waals surface area contributed by atoms with Gasteiger partial charge in [-0.15, -0.1) is 0 Å². The van der Waals surface area contributed by atoms with E-state index in [2.05, 4.69) is 32.9 Å². The van der Waals surface area contributed by atoms with Gasteiger partial charge in [0.05, 0.1) is 18.2 Å². The normalized spacial score (nSPS) is 18.0. The smallest absolute Gasteiger partial charge is 0.251 e. The van der Waals surface area contributed by atoms with Crippen molar-refractivity contribution in [3.8, 4) is 0 Å². The third kappa shape index (κ3) is 3.02. The summed E-state index contributed by atoms with van der Waals surface area (Å²) in [5.41, 5.74) is 1.69. The number of rotatable bonds is 4. The number of carbonyl (C=O) groups excluding carboxylic acids is 2. The number of pyridine rings is 1. The van der Waals surface area contributed by atoms with Crippen LogP contribution in [0.15, 0.2) is 48.8 Å². The first-order valence-corrected chi connectivity index (χ1v) is 7.98. The Morgan fingerprint density at radius 1 is 1.18 bits per heavy atom. The lowest BCUT2D eigenvalue weighted by molar-refractivity contribution is -0.121. The van der Waals surface area contributed by atoms with Gasteiger partial charge in [-0.25, -0.2) is 4.90 Å². The Morgan fingerprint density at radius 2 is 1.91 bits per heavy atom. The molecule has 0 bridgehead atoms. The molecule has 6 heteroatoms. The van der Waals surface area contributed by atoms with Crippen molar-refractivity contribution in [1.29, 1.82) is 0 Å². The van der Waals surface area contributed by atoms with Crippen LogP contribution in [0.4, 0.5) is 5.69 Å². The number of imide groups is 1. The molecule has 1 aromatic carbocycles. The lowest BCUT2D eigenvalue weighted by Crippen LogP contribution is -2.38.